The summed E-state index contributed by atoms with van der Waals surface area (Å²) in [5.74, 6) is 0.129. The summed E-state index contributed by atoms with van der Waals surface area (Å²) in [6, 6.07) is 11.3. The molecule has 1 amide bonds. The first-order chi connectivity index (χ1) is 23.7. The van der Waals surface area contributed by atoms with E-state index in [4.69, 9.17) is 42.1 Å². The molecule has 3 aliphatic rings. The van der Waals surface area contributed by atoms with Crippen molar-refractivity contribution < 1.29 is 43.4 Å². The summed E-state index contributed by atoms with van der Waals surface area (Å²) >= 11 is 12.9. The Morgan fingerprint density at radius 1 is 1.06 bits per heavy atom. The number of rotatable bonds is 12. The van der Waals surface area contributed by atoms with Gasteiger partial charge in [0.25, 0.3) is 0 Å². The maximum Gasteiger partial charge on any atom is 0.415 e. The summed E-state index contributed by atoms with van der Waals surface area (Å²) in [5, 5.41) is 5.10. The molecule has 5 heterocycles. The highest BCUT2D eigenvalue weighted by Gasteiger charge is 2.38. The maximum absolute atomic E-state index is 15.0. The van der Waals surface area contributed by atoms with Gasteiger partial charge in [0.1, 0.15) is 34.6 Å². The number of para-hydroxylation sites is 1. The Balaban J connectivity index is 0.00000486. The highest BCUT2D eigenvalue weighted by molar-refractivity contribution is 6.35. The van der Waals surface area contributed by atoms with Crippen LogP contribution in [0.15, 0.2) is 67.3 Å². The summed E-state index contributed by atoms with van der Waals surface area (Å²) in [6.07, 6.45) is 6.77. The fourth-order valence-electron chi connectivity index (χ4n) is 6.38. The van der Waals surface area contributed by atoms with Gasteiger partial charge in [-0.2, -0.15) is 5.10 Å². The predicted octanol–water partition coefficient (Wildman–Crippen LogP) is 5.75. The summed E-state index contributed by atoms with van der Waals surface area (Å²) in [5.41, 5.74) is 1.88. The number of halogens is 3. The van der Waals surface area contributed by atoms with Crippen LogP contribution in [0.4, 0.5) is 14.9 Å². The lowest BCUT2D eigenvalue weighted by atomic mass is 9.86. The number of hydrogen-bond acceptors (Lipinski definition) is 9. The highest BCUT2D eigenvalue weighted by Crippen LogP contribution is 2.35. The Hall–Kier alpha value is -4.43. The zero-order valence-electron chi connectivity index (χ0n) is 27.6. The average molecular weight is 731 g/mol. The van der Waals surface area contributed by atoms with Crippen molar-refractivity contribution in [2.75, 3.05) is 38.8 Å². The minimum atomic E-state index is -0.794. The number of ether oxygens (including phenoxy) is 4. The van der Waals surface area contributed by atoms with Crippen LogP contribution in [0.5, 0.6) is 11.5 Å². The number of aromatic amines is 1. The number of piperidine rings is 3. The zero-order valence-corrected chi connectivity index (χ0v) is 29.1. The molecule has 2 N–H and O–H groups in total. The van der Waals surface area contributed by atoms with Gasteiger partial charge >= 0.3 is 12.1 Å². The number of nitrogens with zero attached hydrogens (tertiary/aromatic N) is 4. The summed E-state index contributed by atoms with van der Waals surface area (Å²) < 4.78 is 39.2. The normalized spacial score (nSPS) is 18.5. The molecule has 50 heavy (non-hydrogen) atoms. The molecular weight excluding hydrogens is 692 g/mol. The van der Waals surface area contributed by atoms with Crippen LogP contribution < -0.4 is 19.4 Å². The number of anilines is 1. The van der Waals surface area contributed by atoms with E-state index in [0.717, 1.165) is 25.9 Å². The highest BCUT2D eigenvalue weighted by atomic mass is 35.5. The quantitative estimate of drug-likeness (QED) is 0.167. The van der Waals surface area contributed by atoms with Gasteiger partial charge in [0.15, 0.2) is 23.9 Å². The number of hydrogen-bond donors (Lipinski definition) is 0. The summed E-state index contributed by atoms with van der Waals surface area (Å²) in [6.45, 7) is 2.41. The fraction of sp³-hybridized carbons (Fsp3) is 0.371. The number of nitrogens with one attached hydrogen (secondary N) is 1. The van der Waals surface area contributed by atoms with Crippen LogP contribution in [0.2, 0.25) is 10.0 Å². The van der Waals surface area contributed by atoms with Gasteiger partial charge in [-0.1, -0.05) is 41.4 Å². The zero-order chi connectivity index (χ0) is 34.5. The molecule has 3 fully saturated rings. The number of benzene rings is 2. The van der Waals surface area contributed by atoms with E-state index in [2.05, 4.69) is 15.0 Å². The fourth-order valence-corrected chi connectivity index (χ4v) is 6.91. The van der Waals surface area contributed by atoms with Gasteiger partial charge < -0.3 is 24.4 Å². The Labute approximate surface area is 298 Å². The molecular formula is C35H38Cl2FN5O7. The molecule has 0 radical (unpaired) electrons. The van der Waals surface area contributed by atoms with Crippen LogP contribution in [0, 0.1) is 11.7 Å². The molecule has 15 heteroatoms. The number of methoxy groups -OCH3 is 2. The minimum Gasteiger partial charge on any atom is -0.870 e. The van der Waals surface area contributed by atoms with Gasteiger partial charge in [-0.15, -0.1) is 0 Å². The SMILES string of the molecule is COc1ccc([C@H](Cc2c(Cl)c[nH+]cc2Cl)OC(=O)Cn2cc(CN(C(=O)O[C@H]3CN4CCC3CC4)c3ccccc3F)cn2)cc1OC.[OH-]. The smallest absolute Gasteiger partial charge is 0.415 e. The van der Waals surface area contributed by atoms with Crippen LogP contribution in [0.3, 0.4) is 0 Å². The van der Waals surface area contributed by atoms with Crippen LogP contribution >= 0.6 is 23.2 Å². The molecule has 0 unspecified atom stereocenters. The van der Waals surface area contributed by atoms with E-state index in [-0.39, 0.29) is 36.8 Å². The molecule has 0 aliphatic carbocycles. The number of carbonyl (C=O) groups excluding carboxylic acids is 2. The van der Waals surface area contributed by atoms with Crippen molar-refractivity contribution in [3.05, 3.63) is 99.8 Å². The molecule has 3 saturated heterocycles. The number of amides is 1. The molecule has 2 aromatic heterocycles. The van der Waals surface area contributed by atoms with Crippen molar-refractivity contribution in [2.24, 2.45) is 5.92 Å². The van der Waals surface area contributed by atoms with Crippen LogP contribution in [-0.2, 0) is 33.8 Å². The standard InChI is InChI=1S/C35H36Cl2FN5O6.H2O/c1-46-30-8-7-24(13-32(30)47-2)31(14-25-26(36)16-39-17-27(25)37)48-34(44)21-42-18-22(15-40-42)19-43(29-6-4-3-5-28(29)38)35(45)49-33-20-41-11-9-23(33)10-12-41;/h3-8,13,15-18,23,31,33H,9-12,14,19-21H2,1-2H3;1H2/t31-,33-;/m0./s1. The van der Waals surface area contributed by atoms with Crippen molar-refractivity contribution in [1.29, 1.82) is 0 Å². The first-order valence-corrected chi connectivity index (χ1v) is 16.7. The Morgan fingerprint density at radius 3 is 2.44 bits per heavy atom. The molecule has 7 rings (SSSR count). The van der Waals surface area contributed by atoms with E-state index in [1.807, 2.05) is 0 Å². The second-order valence-corrected chi connectivity index (χ2v) is 12.9. The monoisotopic (exact) mass is 729 g/mol. The number of esters is 1. The van der Waals surface area contributed by atoms with Gasteiger partial charge in [0.05, 0.1) is 32.6 Å². The average Bonchev–Trinajstić information content (AvgIpc) is 3.55. The van der Waals surface area contributed by atoms with E-state index in [1.54, 1.807) is 48.9 Å². The number of H-pyrrole nitrogens is 1. The van der Waals surface area contributed by atoms with Gasteiger partial charge in [0, 0.05) is 30.3 Å². The molecule has 12 nitrogen and oxygen atoms in total. The predicted molar refractivity (Wildman–Crippen MR) is 181 cm³/mol. The summed E-state index contributed by atoms with van der Waals surface area (Å²) in [7, 11) is 3.05. The maximum atomic E-state index is 15.0. The second-order valence-electron chi connectivity index (χ2n) is 12.1. The molecule has 2 aromatic carbocycles. The Kier molecular flexibility index (Phi) is 12.2. The summed E-state index contributed by atoms with van der Waals surface area (Å²) in [4.78, 5) is 33.4. The van der Waals surface area contributed by atoms with E-state index < -0.39 is 24.0 Å². The van der Waals surface area contributed by atoms with Crippen LogP contribution in [0.1, 0.15) is 35.6 Å². The first-order valence-electron chi connectivity index (χ1n) is 15.9. The van der Waals surface area contributed by atoms with Gasteiger partial charge in [0.2, 0.25) is 0 Å². The molecule has 0 spiro atoms. The van der Waals surface area contributed by atoms with Crippen molar-refractivity contribution in [3.8, 4) is 11.5 Å². The van der Waals surface area contributed by atoms with Crippen LogP contribution in [0.25, 0.3) is 0 Å². The molecule has 4 aromatic rings. The number of pyridine rings is 1. The van der Waals surface area contributed by atoms with Crippen LogP contribution in [-0.4, -0.2) is 72.2 Å². The third-order valence-electron chi connectivity index (χ3n) is 8.97. The van der Waals surface area contributed by atoms with Crippen molar-refractivity contribution in [3.63, 3.8) is 0 Å². The van der Waals surface area contributed by atoms with Crippen molar-refractivity contribution in [2.45, 2.75) is 44.6 Å². The Morgan fingerprint density at radius 2 is 1.78 bits per heavy atom. The molecule has 2 bridgehead atoms. The van der Waals surface area contributed by atoms with E-state index in [1.165, 1.54) is 42.1 Å². The largest absolute Gasteiger partial charge is 0.870 e. The number of fused-ring (bicyclic) bond motifs is 3. The van der Waals surface area contributed by atoms with Gasteiger partial charge in [-0.25, -0.2) is 14.2 Å². The topological polar surface area (TPSA) is 140 Å². The van der Waals surface area contributed by atoms with E-state index >= 15 is 0 Å². The number of aromatic nitrogens is 3. The lowest BCUT2D eigenvalue weighted by molar-refractivity contribution is -0.377. The third kappa shape index (κ3) is 8.47. The third-order valence-corrected chi connectivity index (χ3v) is 9.64. The van der Waals surface area contributed by atoms with E-state index in [9.17, 15) is 14.0 Å². The molecule has 2 atom stereocenters. The van der Waals surface area contributed by atoms with Crippen molar-refractivity contribution in [1.82, 2.24) is 14.7 Å². The molecule has 0 saturated carbocycles. The Bertz CT molecular complexity index is 1780. The van der Waals surface area contributed by atoms with Crippen molar-refractivity contribution >= 4 is 41.0 Å². The number of carbonyl (C=O) groups is 2. The van der Waals surface area contributed by atoms with Gasteiger partial charge in [-0.3, -0.25) is 19.3 Å². The minimum absolute atomic E-state index is 0. The molecule has 266 valence electrons. The lowest BCUT2D eigenvalue weighted by Crippen LogP contribution is -2.53. The van der Waals surface area contributed by atoms with E-state index in [0.29, 0.717) is 50.7 Å². The first kappa shape index (κ1) is 36.8. The second kappa shape index (κ2) is 16.5. The lowest BCUT2D eigenvalue weighted by Gasteiger charge is -2.44. The molecule has 3 aliphatic heterocycles. The van der Waals surface area contributed by atoms with Gasteiger partial charge in [-0.05, 0) is 61.7 Å².